The molecular formula is C12H18N2O2. The van der Waals surface area contributed by atoms with Gasteiger partial charge in [-0.3, -0.25) is 9.69 Å². The summed E-state index contributed by atoms with van der Waals surface area (Å²) in [4.78, 5) is 16.4. The van der Waals surface area contributed by atoms with E-state index in [1.807, 2.05) is 18.3 Å². The van der Waals surface area contributed by atoms with Crippen LogP contribution in [0, 0.1) is 0 Å². The van der Waals surface area contributed by atoms with Crippen LogP contribution in [-0.2, 0) is 11.2 Å². The van der Waals surface area contributed by atoms with Gasteiger partial charge in [-0.1, -0.05) is 0 Å². The van der Waals surface area contributed by atoms with Gasteiger partial charge < -0.3 is 10.1 Å². The molecule has 1 fully saturated rings. The summed E-state index contributed by atoms with van der Waals surface area (Å²) in [5, 5.41) is 9.21. The zero-order chi connectivity index (χ0) is 11.4. The molecule has 1 aromatic heterocycles. The monoisotopic (exact) mass is 222 g/mol. The lowest BCUT2D eigenvalue weighted by atomic mass is 10.1. The van der Waals surface area contributed by atoms with E-state index >= 15 is 0 Å². The summed E-state index contributed by atoms with van der Waals surface area (Å²) in [7, 11) is 0. The lowest BCUT2D eigenvalue weighted by Crippen LogP contribution is -2.39. The zero-order valence-corrected chi connectivity index (χ0v) is 9.35. The Morgan fingerprint density at radius 2 is 2.25 bits per heavy atom. The normalized spacial score (nSPS) is 18.8. The average Bonchev–Trinajstić information content (AvgIpc) is 2.88. The number of hydrogen-bond acceptors (Lipinski definition) is 2. The molecule has 1 aliphatic heterocycles. The molecule has 0 amide bonds. The number of rotatable bonds is 5. The number of carboxylic acids is 1. The summed E-state index contributed by atoms with van der Waals surface area (Å²) in [5.41, 5.74) is 1.12. The van der Waals surface area contributed by atoms with E-state index in [-0.39, 0.29) is 6.04 Å². The third-order valence-corrected chi connectivity index (χ3v) is 3.22. The van der Waals surface area contributed by atoms with Gasteiger partial charge in [0.05, 0.1) is 0 Å². The van der Waals surface area contributed by atoms with Crippen LogP contribution in [0.2, 0.25) is 0 Å². The van der Waals surface area contributed by atoms with Crippen molar-refractivity contribution in [1.82, 2.24) is 9.88 Å². The first kappa shape index (κ1) is 11.2. The lowest BCUT2D eigenvalue weighted by molar-refractivity contribution is -0.143. The lowest BCUT2D eigenvalue weighted by Gasteiger charge is -2.23. The summed E-state index contributed by atoms with van der Waals surface area (Å²) in [6.45, 7) is 1.86. The minimum Gasteiger partial charge on any atom is -0.480 e. The fourth-order valence-electron chi connectivity index (χ4n) is 2.33. The Hall–Kier alpha value is -1.29. The molecule has 88 valence electrons. The Morgan fingerprint density at radius 3 is 2.81 bits per heavy atom. The van der Waals surface area contributed by atoms with Crippen LogP contribution in [0.15, 0.2) is 18.3 Å². The quantitative estimate of drug-likeness (QED) is 0.793. The van der Waals surface area contributed by atoms with Crippen LogP contribution >= 0.6 is 0 Å². The number of H-pyrrole nitrogens is 1. The molecule has 1 aromatic rings. The number of nitrogens with zero attached hydrogens (tertiary/aromatic N) is 1. The van der Waals surface area contributed by atoms with Gasteiger partial charge in [-0.2, -0.15) is 0 Å². The third kappa shape index (κ3) is 2.64. The van der Waals surface area contributed by atoms with Crippen LogP contribution in [0.3, 0.4) is 0 Å². The SMILES string of the molecule is O=C(O)C(CCc1ccc[nH]1)N1CCCC1. The second-order valence-corrected chi connectivity index (χ2v) is 4.33. The van der Waals surface area contributed by atoms with Gasteiger partial charge in [-0.25, -0.2) is 0 Å². The van der Waals surface area contributed by atoms with Crippen LogP contribution in [0.25, 0.3) is 0 Å². The van der Waals surface area contributed by atoms with Crippen molar-refractivity contribution in [2.45, 2.75) is 31.7 Å². The van der Waals surface area contributed by atoms with Gasteiger partial charge in [0.15, 0.2) is 0 Å². The molecule has 1 atom stereocenters. The van der Waals surface area contributed by atoms with Gasteiger partial charge >= 0.3 is 5.97 Å². The van der Waals surface area contributed by atoms with Crippen molar-refractivity contribution in [2.24, 2.45) is 0 Å². The molecule has 1 aliphatic rings. The number of aliphatic carboxylic acids is 1. The Morgan fingerprint density at radius 1 is 1.50 bits per heavy atom. The van der Waals surface area contributed by atoms with Gasteiger partial charge in [0.1, 0.15) is 6.04 Å². The molecule has 2 rings (SSSR count). The van der Waals surface area contributed by atoms with Crippen LogP contribution in [0.5, 0.6) is 0 Å². The maximum atomic E-state index is 11.2. The summed E-state index contributed by atoms with van der Waals surface area (Å²) in [6, 6.07) is 3.63. The second kappa shape index (κ2) is 5.16. The van der Waals surface area contributed by atoms with Crippen LogP contribution in [-0.4, -0.2) is 40.1 Å². The minimum absolute atomic E-state index is 0.314. The highest BCUT2D eigenvalue weighted by Crippen LogP contribution is 2.16. The van der Waals surface area contributed by atoms with Crippen molar-refractivity contribution in [3.8, 4) is 0 Å². The Kier molecular flexibility index (Phi) is 3.62. The smallest absolute Gasteiger partial charge is 0.320 e. The van der Waals surface area contributed by atoms with Crippen molar-refractivity contribution < 1.29 is 9.90 Å². The predicted octanol–water partition coefficient (Wildman–Crippen LogP) is 1.50. The summed E-state index contributed by atoms with van der Waals surface area (Å²) >= 11 is 0. The summed E-state index contributed by atoms with van der Waals surface area (Å²) in [5.74, 6) is -0.687. The van der Waals surface area contributed by atoms with Crippen LogP contribution in [0.1, 0.15) is 25.0 Å². The van der Waals surface area contributed by atoms with E-state index in [1.165, 1.54) is 0 Å². The van der Waals surface area contributed by atoms with Crippen LogP contribution < -0.4 is 0 Å². The summed E-state index contributed by atoms with van der Waals surface area (Å²) < 4.78 is 0. The molecule has 0 aliphatic carbocycles. The molecule has 2 heterocycles. The number of carbonyl (C=O) groups is 1. The zero-order valence-electron chi connectivity index (χ0n) is 9.35. The van der Waals surface area contributed by atoms with Crippen molar-refractivity contribution >= 4 is 5.97 Å². The molecule has 0 aromatic carbocycles. The standard InChI is InChI=1S/C12H18N2O2/c15-12(16)11(14-8-1-2-9-14)6-5-10-4-3-7-13-10/h3-4,7,11,13H,1-2,5-6,8-9H2,(H,15,16). The number of hydrogen-bond donors (Lipinski definition) is 2. The fraction of sp³-hybridized carbons (Fsp3) is 0.583. The molecule has 16 heavy (non-hydrogen) atoms. The average molecular weight is 222 g/mol. The second-order valence-electron chi connectivity index (χ2n) is 4.33. The number of nitrogens with one attached hydrogen (secondary N) is 1. The Balaban J connectivity index is 1.90. The molecule has 0 radical (unpaired) electrons. The van der Waals surface area contributed by atoms with E-state index in [1.54, 1.807) is 0 Å². The first-order valence-corrected chi connectivity index (χ1v) is 5.86. The number of carboxylic acid groups (broad SMARTS) is 1. The molecule has 2 N–H and O–H groups in total. The highest BCUT2D eigenvalue weighted by molar-refractivity contribution is 5.73. The van der Waals surface area contributed by atoms with E-state index in [0.29, 0.717) is 6.42 Å². The van der Waals surface area contributed by atoms with Gasteiger partial charge in [0, 0.05) is 11.9 Å². The Labute approximate surface area is 95.3 Å². The van der Waals surface area contributed by atoms with Gasteiger partial charge in [0.2, 0.25) is 0 Å². The topological polar surface area (TPSA) is 56.3 Å². The van der Waals surface area contributed by atoms with E-state index in [0.717, 1.165) is 38.0 Å². The first-order chi connectivity index (χ1) is 7.77. The van der Waals surface area contributed by atoms with Crippen molar-refractivity contribution in [1.29, 1.82) is 0 Å². The maximum absolute atomic E-state index is 11.2. The minimum atomic E-state index is -0.687. The van der Waals surface area contributed by atoms with E-state index < -0.39 is 5.97 Å². The summed E-state index contributed by atoms with van der Waals surface area (Å²) in [6.07, 6.45) is 5.63. The number of aromatic nitrogens is 1. The number of likely N-dealkylation sites (tertiary alicyclic amines) is 1. The van der Waals surface area contributed by atoms with Gasteiger partial charge in [-0.05, 0) is 50.9 Å². The highest BCUT2D eigenvalue weighted by Gasteiger charge is 2.27. The Bertz CT molecular complexity index is 329. The third-order valence-electron chi connectivity index (χ3n) is 3.22. The molecule has 0 spiro atoms. The van der Waals surface area contributed by atoms with Crippen molar-refractivity contribution in [3.63, 3.8) is 0 Å². The van der Waals surface area contributed by atoms with Crippen molar-refractivity contribution in [3.05, 3.63) is 24.0 Å². The number of aromatic amines is 1. The van der Waals surface area contributed by atoms with E-state index in [9.17, 15) is 9.90 Å². The largest absolute Gasteiger partial charge is 0.480 e. The molecule has 1 saturated heterocycles. The van der Waals surface area contributed by atoms with Gasteiger partial charge in [-0.15, -0.1) is 0 Å². The predicted molar refractivity (Wildman–Crippen MR) is 61.3 cm³/mol. The molecule has 0 bridgehead atoms. The molecule has 4 nitrogen and oxygen atoms in total. The molecule has 0 saturated carbocycles. The number of aryl methyl sites for hydroxylation is 1. The highest BCUT2D eigenvalue weighted by atomic mass is 16.4. The van der Waals surface area contributed by atoms with E-state index in [4.69, 9.17) is 0 Å². The van der Waals surface area contributed by atoms with Crippen molar-refractivity contribution in [2.75, 3.05) is 13.1 Å². The van der Waals surface area contributed by atoms with Gasteiger partial charge in [0.25, 0.3) is 0 Å². The molecule has 1 unspecified atom stereocenters. The molecule has 4 heteroatoms. The first-order valence-electron chi connectivity index (χ1n) is 5.86. The maximum Gasteiger partial charge on any atom is 0.320 e. The van der Waals surface area contributed by atoms with Crippen LogP contribution in [0.4, 0.5) is 0 Å². The fourth-order valence-corrected chi connectivity index (χ4v) is 2.33. The van der Waals surface area contributed by atoms with E-state index in [2.05, 4.69) is 9.88 Å². The molecular weight excluding hydrogens is 204 g/mol.